The maximum Gasteiger partial charge on any atom is 0.137 e. The second-order valence-corrected chi connectivity index (χ2v) is 5.34. The fraction of sp³-hybridized carbons (Fsp3) is 0.692. The van der Waals surface area contributed by atoms with E-state index in [2.05, 4.69) is 37.2 Å². The molecule has 20 heavy (non-hydrogen) atoms. The Labute approximate surface area is 118 Å². The van der Waals surface area contributed by atoms with Crippen LogP contribution in [0.5, 0.6) is 0 Å². The minimum Gasteiger partial charge on any atom is -0.297 e. The van der Waals surface area contributed by atoms with Crippen molar-refractivity contribution in [2.45, 2.75) is 45.7 Å². The van der Waals surface area contributed by atoms with Gasteiger partial charge in [-0.15, -0.1) is 0 Å². The summed E-state index contributed by atoms with van der Waals surface area (Å²) in [6.45, 7) is 7.97. The molecule has 0 atom stereocenters. The molecular weight excluding hydrogens is 254 g/mol. The molecule has 2 aromatic heterocycles. The smallest absolute Gasteiger partial charge is 0.137 e. The van der Waals surface area contributed by atoms with Gasteiger partial charge in [-0.25, -0.2) is 4.98 Å². The molecule has 0 unspecified atom stereocenters. The first-order valence-corrected chi connectivity index (χ1v) is 7.24. The van der Waals surface area contributed by atoms with Crippen LogP contribution in [0.3, 0.4) is 0 Å². The van der Waals surface area contributed by atoms with Crippen molar-refractivity contribution in [1.29, 1.82) is 0 Å². The van der Waals surface area contributed by atoms with Crippen molar-refractivity contribution < 1.29 is 0 Å². The van der Waals surface area contributed by atoms with E-state index in [-0.39, 0.29) is 0 Å². The van der Waals surface area contributed by atoms with Gasteiger partial charge in [0, 0.05) is 12.5 Å². The molecular formula is C13H21N7. The average Bonchev–Trinajstić information content (AvgIpc) is 3.10. The van der Waals surface area contributed by atoms with Gasteiger partial charge in [-0.2, -0.15) is 20.1 Å². The van der Waals surface area contributed by atoms with Crippen molar-refractivity contribution in [3.05, 3.63) is 23.5 Å². The Morgan fingerprint density at radius 2 is 2.10 bits per heavy atom. The lowest BCUT2D eigenvalue weighted by molar-refractivity contribution is 0.199. The molecule has 0 aliphatic carbocycles. The van der Waals surface area contributed by atoms with Crippen LogP contribution in [-0.4, -0.2) is 48.2 Å². The Balaban J connectivity index is 1.57. The summed E-state index contributed by atoms with van der Waals surface area (Å²) in [6, 6.07) is 0. The first kappa shape index (κ1) is 13.2. The van der Waals surface area contributed by atoms with Crippen molar-refractivity contribution >= 4 is 0 Å². The highest BCUT2D eigenvalue weighted by atomic mass is 15.5. The van der Waals surface area contributed by atoms with Crippen molar-refractivity contribution in [3.63, 3.8) is 0 Å². The number of rotatable bonds is 4. The topological polar surface area (TPSA) is 75.5 Å². The number of nitrogens with one attached hydrogen (secondary N) is 1. The Bertz CT molecular complexity index is 537. The van der Waals surface area contributed by atoms with Crippen LogP contribution in [0, 0.1) is 6.92 Å². The van der Waals surface area contributed by atoms with E-state index in [1.807, 2.05) is 6.92 Å². The van der Waals surface area contributed by atoms with E-state index in [9.17, 15) is 0 Å². The second-order valence-electron chi connectivity index (χ2n) is 5.34. The van der Waals surface area contributed by atoms with Crippen LogP contribution in [0.15, 0.2) is 6.33 Å². The SMILES string of the molecule is CCn1nc(C)c(CN2CCC(c3ncn[nH]3)CC2)n1. The Hall–Kier alpha value is -1.76. The molecule has 1 saturated heterocycles. The highest BCUT2D eigenvalue weighted by molar-refractivity contribution is 5.06. The molecule has 7 heteroatoms. The molecule has 0 bridgehead atoms. The summed E-state index contributed by atoms with van der Waals surface area (Å²) in [5.41, 5.74) is 2.15. The third-order valence-corrected chi connectivity index (χ3v) is 3.98. The Kier molecular flexibility index (Phi) is 3.77. The highest BCUT2D eigenvalue weighted by Crippen LogP contribution is 2.25. The van der Waals surface area contributed by atoms with Crippen LogP contribution >= 0.6 is 0 Å². The number of likely N-dealkylation sites (tertiary alicyclic amines) is 1. The molecule has 0 spiro atoms. The molecule has 1 aliphatic heterocycles. The first-order chi connectivity index (χ1) is 9.76. The number of nitrogens with zero attached hydrogens (tertiary/aromatic N) is 6. The van der Waals surface area contributed by atoms with Crippen LogP contribution in [0.2, 0.25) is 0 Å². The summed E-state index contributed by atoms with van der Waals surface area (Å²) >= 11 is 0. The van der Waals surface area contributed by atoms with Crippen molar-refractivity contribution in [2.24, 2.45) is 0 Å². The predicted molar refractivity (Wildman–Crippen MR) is 74.1 cm³/mol. The highest BCUT2D eigenvalue weighted by Gasteiger charge is 2.23. The summed E-state index contributed by atoms with van der Waals surface area (Å²) in [5.74, 6) is 1.54. The monoisotopic (exact) mass is 275 g/mol. The predicted octanol–water partition coefficient (Wildman–Crippen LogP) is 1.10. The summed E-state index contributed by atoms with van der Waals surface area (Å²) < 4.78 is 0. The molecule has 2 aromatic rings. The molecule has 7 nitrogen and oxygen atoms in total. The molecule has 0 radical (unpaired) electrons. The normalized spacial score (nSPS) is 17.7. The van der Waals surface area contributed by atoms with E-state index in [1.54, 1.807) is 11.1 Å². The standard InChI is InChI=1S/C13H21N7/c1-3-20-17-10(2)12(18-20)8-19-6-4-11(5-7-19)13-14-9-15-16-13/h9,11H,3-8H2,1-2H3,(H,14,15,16). The van der Waals surface area contributed by atoms with Crippen LogP contribution in [0.25, 0.3) is 0 Å². The maximum absolute atomic E-state index is 4.53. The van der Waals surface area contributed by atoms with E-state index in [4.69, 9.17) is 0 Å². The van der Waals surface area contributed by atoms with Crippen LogP contribution in [-0.2, 0) is 13.1 Å². The third kappa shape index (κ3) is 2.72. The van der Waals surface area contributed by atoms with Gasteiger partial charge in [-0.05, 0) is 39.8 Å². The van der Waals surface area contributed by atoms with Crippen molar-refractivity contribution in [1.82, 2.24) is 35.1 Å². The number of hydrogen-bond acceptors (Lipinski definition) is 5. The zero-order valence-electron chi connectivity index (χ0n) is 12.1. The number of aryl methyl sites for hydroxylation is 2. The van der Waals surface area contributed by atoms with E-state index in [0.29, 0.717) is 5.92 Å². The van der Waals surface area contributed by atoms with Gasteiger partial charge in [0.1, 0.15) is 12.2 Å². The molecule has 0 saturated carbocycles. The van der Waals surface area contributed by atoms with Gasteiger partial charge in [0.15, 0.2) is 0 Å². The summed E-state index contributed by atoms with van der Waals surface area (Å²) in [5, 5.41) is 15.9. The maximum atomic E-state index is 4.53. The van der Waals surface area contributed by atoms with Crippen LogP contribution in [0.4, 0.5) is 0 Å². The third-order valence-electron chi connectivity index (χ3n) is 3.98. The second kappa shape index (κ2) is 5.70. The number of hydrogen-bond donors (Lipinski definition) is 1. The molecule has 1 aliphatic rings. The zero-order chi connectivity index (χ0) is 13.9. The van der Waals surface area contributed by atoms with Gasteiger partial charge in [-0.1, -0.05) is 0 Å². The van der Waals surface area contributed by atoms with Crippen molar-refractivity contribution in [2.75, 3.05) is 13.1 Å². The van der Waals surface area contributed by atoms with Gasteiger partial charge in [0.25, 0.3) is 0 Å². The molecule has 1 fully saturated rings. The minimum absolute atomic E-state index is 0.515. The lowest BCUT2D eigenvalue weighted by atomic mass is 9.96. The largest absolute Gasteiger partial charge is 0.297 e. The number of H-pyrrole nitrogens is 1. The fourth-order valence-electron chi connectivity index (χ4n) is 2.74. The minimum atomic E-state index is 0.515. The van der Waals surface area contributed by atoms with Gasteiger partial charge < -0.3 is 0 Å². The number of aromatic nitrogens is 6. The molecule has 1 N–H and O–H groups in total. The molecule has 0 aromatic carbocycles. The van der Waals surface area contributed by atoms with Gasteiger partial charge in [0.05, 0.1) is 17.9 Å². The average molecular weight is 275 g/mol. The molecule has 0 amide bonds. The van der Waals surface area contributed by atoms with E-state index in [1.165, 1.54) is 0 Å². The molecule has 3 rings (SSSR count). The van der Waals surface area contributed by atoms with E-state index < -0.39 is 0 Å². The molecule has 3 heterocycles. The fourth-order valence-corrected chi connectivity index (χ4v) is 2.74. The Morgan fingerprint density at radius 1 is 1.30 bits per heavy atom. The Morgan fingerprint density at radius 3 is 2.70 bits per heavy atom. The lowest BCUT2D eigenvalue weighted by Crippen LogP contribution is -2.33. The number of piperidine rings is 1. The summed E-state index contributed by atoms with van der Waals surface area (Å²) in [6.07, 6.45) is 3.83. The van der Waals surface area contributed by atoms with Crippen LogP contribution < -0.4 is 0 Å². The van der Waals surface area contributed by atoms with Crippen LogP contribution in [0.1, 0.15) is 42.9 Å². The van der Waals surface area contributed by atoms with Gasteiger partial charge in [-0.3, -0.25) is 10.00 Å². The zero-order valence-corrected chi connectivity index (χ0v) is 12.1. The first-order valence-electron chi connectivity index (χ1n) is 7.24. The van der Waals surface area contributed by atoms with E-state index in [0.717, 1.165) is 56.2 Å². The quantitative estimate of drug-likeness (QED) is 0.904. The van der Waals surface area contributed by atoms with Crippen molar-refractivity contribution in [3.8, 4) is 0 Å². The summed E-state index contributed by atoms with van der Waals surface area (Å²) in [7, 11) is 0. The van der Waals surface area contributed by atoms with E-state index >= 15 is 0 Å². The lowest BCUT2D eigenvalue weighted by Gasteiger charge is -2.30. The number of aromatic amines is 1. The van der Waals surface area contributed by atoms with Gasteiger partial charge in [0.2, 0.25) is 0 Å². The van der Waals surface area contributed by atoms with Gasteiger partial charge >= 0.3 is 0 Å². The summed E-state index contributed by atoms with van der Waals surface area (Å²) in [4.78, 5) is 8.48. The molecule has 108 valence electrons.